The number of aromatic amines is 1. The Hall–Kier alpha value is -1.81. The van der Waals surface area contributed by atoms with E-state index >= 15 is 0 Å². The fourth-order valence-electron chi connectivity index (χ4n) is 3.18. The van der Waals surface area contributed by atoms with Crippen molar-refractivity contribution in [1.29, 1.82) is 0 Å². The van der Waals surface area contributed by atoms with Crippen LogP contribution in [0.5, 0.6) is 0 Å². The van der Waals surface area contributed by atoms with Gasteiger partial charge in [0, 0.05) is 35.9 Å². The maximum Gasteiger partial charge on any atom is 0.0952 e. The Labute approximate surface area is 140 Å². The van der Waals surface area contributed by atoms with E-state index in [0.29, 0.717) is 0 Å². The molecule has 3 nitrogen and oxygen atoms in total. The molecule has 3 aromatic rings. The average Bonchev–Trinajstić information content (AvgIpc) is 2.98. The molecule has 118 valence electrons. The second-order valence-electron chi connectivity index (χ2n) is 6.03. The first-order chi connectivity index (χ1) is 11.3. The molecule has 0 amide bonds. The van der Waals surface area contributed by atoms with Crippen molar-refractivity contribution in [2.24, 2.45) is 0 Å². The Balaban J connectivity index is 1.47. The zero-order valence-corrected chi connectivity index (χ0v) is 13.6. The van der Waals surface area contributed by atoms with Gasteiger partial charge in [0.1, 0.15) is 0 Å². The van der Waals surface area contributed by atoms with Crippen LogP contribution in [0.2, 0.25) is 5.02 Å². The van der Waals surface area contributed by atoms with Crippen LogP contribution >= 0.6 is 11.6 Å². The third kappa shape index (κ3) is 3.27. The monoisotopic (exact) mass is 326 g/mol. The first-order valence-corrected chi connectivity index (χ1v) is 8.32. The highest BCUT2D eigenvalue weighted by Gasteiger charge is 2.22. The van der Waals surface area contributed by atoms with Gasteiger partial charge in [0.15, 0.2) is 0 Å². The molecule has 0 saturated carbocycles. The van der Waals surface area contributed by atoms with Crippen molar-refractivity contribution in [2.45, 2.75) is 12.6 Å². The maximum atomic E-state index is 5.97. The van der Waals surface area contributed by atoms with Crippen LogP contribution in [-0.2, 0) is 11.3 Å². The van der Waals surface area contributed by atoms with Gasteiger partial charge in [0.05, 0.1) is 12.7 Å². The molecule has 1 aliphatic heterocycles. The molecule has 2 heterocycles. The van der Waals surface area contributed by atoms with Gasteiger partial charge in [-0.2, -0.15) is 0 Å². The maximum absolute atomic E-state index is 5.97. The summed E-state index contributed by atoms with van der Waals surface area (Å²) in [6.45, 7) is 3.53. The van der Waals surface area contributed by atoms with Gasteiger partial charge in [-0.1, -0.05) is 41.9 Å². The highest BCUT2D eigenvalue weighted by Crippen LogP contribution is 2.25. The van der Waals surface area contributed by atoms with Gasteiger partial charge in [-0.15, -0.1) is 0 Å². The quantitative estimate of drug-likeness (QED) is 0.773. The van der Waals surface area contributed by atoms with Crippen LogP contribution in [0.3, 0.4) is 0 Å². The third-order valence-electron chi connectivity index (χ3n) is 4.37. The summed E-state index contributed by atoms with van der Waals surface area (Å²) in [5, 5.41) is 2.03. The highest BCUT2D eigenvalue weighted by atomic mass is 35.5. The number of morpholine rings is 1. The summed E-state index contributed by atoms with van der Waals surface area (Å²) >= 11 is 5.97. The van der Waals surface area contributed by atoms with Gasteiger partial charge >= 0.3 is 0 Å². The molecular weight excluding hydrogens is 308 g/mol. The largest absolute Gasteiger partial charge is 0.371 e. The number of hydrogen-bond acceptors (Lipinski definition) is 2. The van der Waals surface area contributed by atoms with Crippen molar-refractivity contribution >= 4 is 22.5 Å². The van der Waals surface area contributed by atoms with Crippen molar-refractivity contribution in [3.63, 3.8) is 0 Å². The molecule has 1 atom stereocenters. The Kier molecular flexibility index (Phi) is 4.08. The molecule has 1 aliphatic rings. The summed E-state index contributed by atoms with van der Waals surface area (Å²) in [6.07, 6.45) is 0.116. The Morgan fingerprint density at radius 3 is 2.78 bits per heavy atom. The molecule has 1 fully saturated rings. The van der Waals surface area contributed by atoms with Crippen LogP contribution < -0.4 is 0 Å². The number of nitrogens with zero attached hydrogens (tertiary/aromatic N) is 1. The van der Waals surface area contributed by atoms with E-state index < -0.39 is 0 Å². The number of fused-ring (bicyclic) bond motifs is 1. The lowest BCUT2D eigenvalue weighted by Crippen LogP contribution is -2.37. The van der Waals surface area contributed by atoms with Crippen molar-refractivity contribution in [2.75, 3.05) is 19.7 Å². The zero-order chi connectivity index (χ0) is 15.6. The van der Waals surface area contributed by atoms with Crippen LogP contribution in [-0.4, -0.2) is 29.6 Å². The number of benzene rings is 2. The molecule has 0 unspecified atom stereocenters. The average molecular weight is 327 g/mol. The minimum atomic E-state index is 0.116. The van der Waals surface area contributed by atoms with Gasteiger partial charge in [0.2, 0.25) is 0 Å². The Morgan fingerprint density at radius 1 is 1.13 bits per heavy atom. The Bertz CT molecular complexity index is 763. The molecule has 0 aliphatic carbocycles. The van der Waals surface area contributed by atoms with Crippen molar-refractivity contribution in [3.8, 4) is 0 Å². The van der Waals surface area contributed by atoms with Gasteiger partial charge in [-0.25, -0.2) is 0 Å². The Morgan fingerprint density at radius 2 is 1.96 bits per heavy atom. The molecule has 1 N–H and O–H groups in total. The predicted octanol–water partition coefficient (Wildman–Crippen LogP) is 4.39. The van der Waals surface area contributed by atoms with Crippen LogP contribution in [0, 0.1) is 0 Å². The molecule has 0 bridgehead atoms. The van der Waals surface area contributed by atoms with E-state index in [1.165, 1.54) is 22.2 Å². The van der Waals surface area contributed by atoms with Crippen molar-refractivity contribution in [3.05, 3.63) is 70.9 Å². The van der Waals surface area contributed by atoms with Crippen LogP contribution in [0.25, 0.3) is 10.9 Å². The fraction of sp³-hybridized carbons (Fsp3) is 0.263. The topological polar surface area (TPSA) is 28.3 Å². The molecule has 4 rings (SSSR count). The molecule has 2 aromatic carbocycles. The van der Waals surface area contributed by atoms with E-state index in [4.69, 9.17) is 16.3 Å². The summed E-state index contributed by atoms with van der Waals surface area (Å²) in [7, 11) is 0. The van der Waals surface area contributed by atoms with E-state index in [2.05, 4.69) is 52.3 Å². The zero-order valence-electron chi connectivity index (χ0n) is 12.8. The summed E-state index contributed by atoms with van der Waals surface area (Å²) in [5.74, 6) is 0. The molecule has 0 radical (unpaired) electrons. The second-order valence-corrected chi connectivity index (χ2v) is 6.46. The van der Waals surface area contributed by atoms with Crippen molar-refractivity contribution in [1.82, 2.24) is 9.88 Å². The smallest absolute Gasteiger partial charge is 0.0952 e. The van der Waals surface area contributed by atoms with Gasteiger partial charge in [0.25, 0.3) is 0 Å². The first-order valence-electron chi connectivity index (χ1n) is 7.94. The van der Waals surface area contributed by atoms with Crippen LogP contribution in [0.15, 0.2) is 54.6 Å². The standard InChI is InChI=1S/C19H19ClN2O/c20-16-7-5-14(6-8-16)19-13-22(9-10-23-19)12-17-11-15-3-1-2-4-18(15)21-17/h1-8,11,19,21H,9-10,12-13H2/t19-/m0/s1. The van der Waals surface area contributed by atoms with E-state index in [9.17, 15) is 0 Å². The number of hydrogen-bond donors (Lipinski definition) is 1. The lowest BCUT2D eigenvalue weighted by Gasteiger charge is -2.32. The molecule has 1 aromatic heterocycles. The minimum Gasteiger partial charge on any atom is -0.371 e. The van der Waals surface area contributed by atoms with Crippen LogP contribution in [0.4, 0.5) is 0 Å². The number of H-pyrrole nitrogens is 1. The van der Waals surface area contributed by atoms with E-state index in [1.807, 2.05) is 12.1 Å². The molecule has 4 heteroatoms. The van der Waals surface area contributed by atoms with E-state index in [-0.39, 0.29) is 6.10 Å². The second kappa shape index (κ2) is 6.36. The summed E-state index contributed by atoms with van der Waals surface area (Å²) in [4.78, 5) is 5.94. The van der Waals surface area contributed by atoms with E-state index in [1.54, 1.807) is 0 Å². The van der Waals surface area contributed by atoms with Crippen molar-refractivity contribution < 1.29 is 4.74 Å². The number of aromatic nitrogens is 1. The SMILES string of the molecule is Clc1ccc([C@@H]2CN(Cc3cc4ccccc4[nH]3)CCO2)cc1. The highest BCUT2D eigenvalue weighted by molar-refractivity contribution is 6.30. The normalized spacial score (nSPS) is 19.3. The third-order valence-corrected chi connectivity index (χ3v) is 4.62. The van der Waals surface area contributed by atoms with Gasteiger partial charge in [-0.3, -0.25) is 4.90 Å². The number of nitrogens with one attached hydrogen (secondary N) is 1. The van der Waals surface area contributed by atoms with Crippen LogP contribution in [0.1, 0.15) is 17.4 Å². The number of halogens is 1. The number of ether oxygens (including phenoxy) is 1. The summed E-state index contributed by atoms with van der Waals surface area (Å²) < 4.78 is 5.94. The molecule has 0 spiro atoms. The van der Waals surface area contributed by atoms with Gasteiger partial charge in [-0.05, 0) is 35.2 Å². The first kappa shape index (κ1) is 14.8. The number of para-hydroxylation sites is 1. The predicted molar refractivity (Wildman–Crippen MR) is 93.7 cm³/mol. The lowest BCUT2D eigenvalue weighted by atomic mass is 10.1. The molecular formula is C19H19ClN2O. The van der Waals surface area contributed by atoms with E-state index in [0.717, 1.165) is 31.3 Å². The summed E-state index contributed by atoms with van der Waals surface area (Å²) in [6, 6.07) is 18.6. The number of rotatable bonds is 3. The summed E-state index contributed by atoms with van der Waals surface area (Å²) in [5.41, 5.74) is 3.64. The lowest BCUT2D eigenvalue weighted by molar-refractivity contribution is -0.0332. The molecule has 1 saturated heterocycles. The molecule has 23 heavy (non-hydrogen) atoms. The minimum absolute atomic E-state index is 0.116. The fourth-order valence-corrected chi connectivity index (χ4v) is 3.31. The van der Waals surface area contributed by atoms with Gasteiger partial charge < -0.3 is 9.72 Å².